The minimum Gasteiger partial charge on any atom is -0.444 e. The van der Waals surface area contributed by atoms with Gasteiger partial charge in [0.1, 0.15) is 5.60 Å². The molecule has 0 aromatic carbocycles. The number of amides is 1. The molecule has 2 rings (SSSR count). The van der Waals surface area contributed by atoms with Crippen molar-refractivity contribution in [1.29, 1.82) is 0 Å². The fourth-order valence-electron chi connectivity index (χ4n) is 2.71. The van der Waals surface area contributed by atoms with Crippen LogP contribution in [0, 0.1) is 5.92 Å². The van der Waals surface area contributed by atoms with Gasteiger partial charge in [-0.05, 0) is 44.6 Å². The first-order valence-corrected chi connectivity index (χ1v) is 8.91. The van der Waals surface area contributed by atoms with Crippen molar-refractivity contribution in [3.63, 3.8) is 0 Å². The highest BCUT2D eigenvalue weighted by molar-refractivity contribution is 7.10. The maximum atomic E-state index is 12.1. The predicted molar refractivity (Wildman–Crippen MR) is 91.2 cm³/mol. The van der Waals surface area contributed by atoms with Crippen molar-refractivity contribution in [3.05, 3.63) is 22.4 Å². The van der Waals surface area contributed by atoms with Crippen molar-refractivity contribution in [3.8, 4) is 0 Å². The molecule has 124 valence electrons. The second-order valence-electron chi connectivity index (χ2n) is 7.32. The van der Waals surface area contributed by atoms with Gasteiger partial charge in [-0.2, -0.15) is 0 Å². The van der Waals surface area contributed by atoms with Crippen LogP contribution < -0.4 is 5.32 Å². The summed E-state index contributed by atoms with van der Waals surface area (Å²) in [4.78, 5) is 15.3. The lowest BCUT2D eigenvalue weighted by Crippen LogP contribution is -2.40. The fraction of sp³-hybridized carbons (Fsp3) is 0.706. The minimum atomic E-state index is -0.431. The highest BCUT2D eigenvalue weighted by atomic mass is 32.1. The number of thiophene rings is 1. The van der Waals surface area contributed by atoms with Crippen LogP contribution in [0.4, 0.5) is 4.79 Å². The number of rotatable bonds is 4. The second kappa shape index (κ2) is 7.01. The summed E-state index contributed by atoms with van der Waals surface area (Å²) in [6, 6.07) is 4.97. The molecule has 0 spiro atoms. The van der Waals surface area contributed by atoms with Gasteiger partial charge in [0, 0.05) is 30.1 Å². The molecule has 1 aromatic heterocycles. The Bertz CT molecular complexity index is 479. The molecule has 1 aliphatic rings. The summed E-state index contributed by atoms with van der Waals surface area (Å²) in [7, 11) is 0. The van der Waals surface area contributed by atoms with Gasteiger partial charge in [0.2, 0.25) is 0 Å². The molecule has 0 saturated carbocycles. The Kier molecular flexibility index (Phi) is 5.50. The first-order chi connectivity index (χ1) is 10.3. The fourth-order valence-corrected chi connectivity index (χ4v) is 3.67. The number of ether oxygens (including phenoxy) is 1. The van der Waals surface area contributed by atoms with Crippen LogP contribution in [0.25, 0.3) is 0 Å². The molecule has 2 heterocycles. The van der Waals surface area contributed by atoms with Gasteiger partial charge in [-0.3, -0.25) is 0 Å². The average molecular weight is 324 g/mol. The van der Waals surface area contributed by atoms with Gasteiger partial charge < -0.3 is 15.0 Å². The zero-order valence-corrected chi connectivity index (χ0v) is 15.1. The summed E-state index contributed by atoms with van der Waals surface area (Å²) < 4.78 is 5.46. The zero-order valence-electron chi connectivity index (χ0n) is 14.3. The van der Waals surface area contributed by atoms with Crippen molar-refractivity contribution in [1.82, 2.24) is 10.2 Å². The molecule has 1 N–H and O–H groups in total. The van der Waals surface area contributed by atoms with Gasteiger partial charge in [0.15, 0.2) is 0 Å². The molecule has 1 amide bonds. The van der Waals surface area contributed by atoms with E-state index in [1.165, 1.54) is 4.88 Å². The smallest absolute Gasteiger partial charge is 0.410 e. The largest absolute Gasteiger partial charge is 0.444 e. The van der Waals surface area contributed by atoms with E-state index in [1.54, 1.807) is 11.3 Å². The van der Waals surface area contributed by atoms with Crippen LogP contribution in [0.15, 0.2) is 17.5 Å². The minimum absolute atomic E-state index is 0.200. The number of nitrogens with zero attached hydrogens (tertiary/aromatic N) is 1. The monoisotopic (exact) mass is 324 g/mol. The van der Waals surface area contributed by atoms with Gasteiger partial charge in [-0.1, -0.05) is 19.9 Å². The van der Waals surface area contributed by atoms with Crippen LogP contribution in [-0.4, -0.2) is 35.7 Å². The molecule has 5 heteroatoms. The van der Waals surface area contributed by atoms with Crippen molar-refractivity contribution >= 4 is 17.4 Å². The Balaban J connectivity index is 1.91. The summed E-state index contributed by atoms with van der Waals surface area (Å²) in [5.41, 5.74) is -0.431. The standard InChI is InChI=1S/C17H28N2O2S/c1-12(2)15(14-7-6-10-22-14)18-13-8-9-19(11-13)16(20)21-17(3,4)5/h6-7,10,12-13,15,18H,8-9,11H2,1-5H3. The lowest BCUT2D eigenvalue weighted by Gasteiger charge is -2.27. The van der Waals surface area contributed by atoms with E-state index in [4.69, 9.17) is 4.74 Å². The SMILES string of the molecule is CC(C)C(NC1CCN(C(=O)OC(C)(C)C)C1)c1cccs1. The number of carbonyl (C=O) groups excluding carboxylic acids is 1. The summed E-state index contributed by atoms with van der Waals surface area (Å²) in [5, 5.41) is 5.85. The highest BCUT2D eigenvalue weighted by Crippen LogP contribution is 2.27. The third-order valence-electron chi connectivity index (χ3n) is 3.77. The van der Waals surface area contributed by atoms with Crippen molar-refractivity contribution in [2.24, 2.45) is 5.92 Å². The first kappa shape index (κ1) is 17.3. The zero-order chi connectivity index (χ0) is 16.3. The molecule has 1 saturated heterocycles. The van der Waals surface area contributed by atoms with E-state index in [9.17, 15) is 4.79 Å². The number of carbonyl (C=O) groups is 1. The van der Waals surface area contributed by atoms with Crippen LogP contribution in [0.2, 0.25) is 0 Å². The van der Waals surface area contributed by atoms with Gasteiger partial charge in [0.05, 0.1) is 0 Å². The van der Waals surface area contributed by atoms with E-state index in [0.29, 0.717) is 18.0 Å². The van der Waals surface area contributed by atoms with Crippen LogP contribution >= 0.6 is 11.3 Å². The van der Waals surface area contributed by atoms with E-state index < -0.39 is 5.60 Å². The molecule has 2 atom stereocenters. The van der Waals surface area contributed by atoms with Crippen LogP contribution in [0.3, 0.4) is 0 Å². The summed E-state index contributed by atoms with van der Waals surface area (Å²) in [5.74, 6) is 0.522. The number of likely N-dealkylation sites (tertiary alicyclic amines) is 1. The quantitative estimate of drug-likeness (QED) is 0.908. The van der Waals surface area contributed by atoms with E-state index in [1.807, 2.05) is 25.7 Å². The molecule has 4 nitrogen and oxygen atoms in total. The predicted octanol–water partition coefficient (Wildman–Crippen LogP) is 4.04. The molecule has 0 aliphatic carbocycles. The third-order valence-corrected chi connectivity index (χ3v) is 4.73. The Labute approximate surface area is 137 Å². The Morgan fingerprint density at radius 1 is 1.45 bits per heavy atom. The van der Waals surface area contributed by atoms with E-state index in [0.717, 1.165) is 19.5 Å². The summed E-state index contributed by atoms with van der Waals surface area (Å²) >= 11 is 1.79. The molecule has 1 aromatic rings. The van der Waals surface area contributed by atoms with Crippen molar-refractivity contribution < 1.29 is 9.53 Å². The molecule has 22 heavy (non-hydrogen) atoms. The molecule has 0 radical (unpaired) electrons. The number of hydrogen-bond donors (Lipinski definition) is 1. The Hall–Kier alpha value is -1.07. The van der Waals surface area contributed by atoms with E-state index in [2.05, 4.69) is 36.7 Å². The average Bonchev–Trinajstić information content (AvgIpc) is 3.05. The Morgan fingerprint density at radius 2 is 2.18 bits per heavy atom. The van der Waals surface area contributed by atoms with Gasteiger partial charge in [-0.25, -0.2) is 4.79 Å². The second-order valence-corrected chi connectivity index (χ2v) is 8.30. The van der Waals surface area contributed by atoms with Crippen LogP contribution in [0.5, 0.6) is 0 Å². The summed E-state index contributed by atoms with van der Waals surface area (Å²) in [6.45, 7) is 11.7. The van der Waals surface area contributed by atoms with Crippen molar-refractivity contribution in [2.45, 2.75) is 58.7 Å². The summed E-state index contributed by atoms with van der Waals surface area (Å²) in [6.07, 6.45) is 0.780. The molecule has 2 unspecified atom stereocenters. The highest BCUT2D eigenvalue weighted by Gasteiger charge is 2.31. The molecule has 0 bridgehead atoms. The van der Waals surface area contributed by atoms with Crippen molar-refractivity contribution in [2.75, 3.05) is 13.1 Å². The number of hydrogen-bond acceptors (Lipinski definition) is 4. The molecule has 1 fully saturated rings. The maximum absolute atomic E-state index is 12.1. The molecular weight excluding hydrogens is 296 g/mol. The van der Waals surface area contributed by atoms with E-state index >= 15 is 0 Å². The number of nitrogens with one attached hydrogen (secondary N) is 1. The van der Waals surface area contributed by atoms with Gasteiger partial charge in [-0.15, -0.1) is 11.3 Å². The molecule has 1 aliphatic heterocycles. The Morgan fingerprint density at radius 3 is 2.73 bits per heavy atom. The van der Waals surface area contributed by atoms with Gasteiger partial charge in [0.25, 0.3) is 0 Å². The van der Waals surface area contributed by atoms with Gasteiger partial charge >= 0.3 is 6.09 Å². The third kappa shape index (κ3) is 4.71. The lowest BCUT2D eigenvalue weighted by atomic mass is 10.0. The molecular formula is C17H28N2O2S. The normalized spacial score (nSPS) is 20.5. The van der Waals surface area contributed by atoms with Crippen LogP contribution in [0.1, 0.15) is 52.0 Å². The lowest BCUT2D eigenvalue weighted by molar-refractivity contribution is 0.0290. The topological polar surface area (TPSA) is 41.6 Å². The van der Waals surface area contributed by atoms with E-state index in [-0.39, 0.29) is 6.09 Å². The van der Waals surface area contributed by atoms with Crippen LogP contribution in [-0.2, 0) is 4.74 Å². The first-order valence-electron chi connectivity index (χ1n) is 8.03. The maximum Gasteiger partial charge on any atom is 0.410 e.